The summed E-state index contributed by atoms with van der Waals surface area (Å²) < 4.78 is 19.3. The van der Waals surface area contributed by atoms with Crippen LogP contribution in [0.3, 0.4) is 0 Å². The molecule has 1 aromatic carbocycles. The maximum atomic E-state index is 13.3. The topological polar surface area (TPSA) is 34.2 Å². The van der Waals surface area contributed by atoms with Crippen molar-refractivity contribution in [3.05, 3.63) is 58.1 Å². The molecule has 0 bridgehead atoms. The van der Waals surface area contributed by atoms with Gasteiger partial charge in [-0.3, -0.25) is 4.98 Å². The van der Waals surface area contributed by atoms with Gasteiger partial charge in [0.2, 0.25) is 0 Å². The Kier molecular flexibility index (Phi) is 4.50. The molecule has 0 aliphatic rings. The molecule has 1 N–H and O–H groups in total. The molecule has 19 heavy (non-hydrogen) atoms. The van der Waals surface area contributed by atoms with Crippen molar-refractivity contribution in [2.45, 2.75) is 6.04 Å². The minimum absolute atomic E-state index is 0.120. The standard InChI is InChI=1S/C14H14BrFN2O/c1-17-14(10-5-11(16)8-18-7-10)9-3-4-13(19-2)12(15)6-9/h3-8,14,17H,1-2H3. The number of aromatic nitrogens is 1. The van der Waals surface area contributed by atoms with E-state index in [-0.39, 0.29) is 11.9 Å². The molecule has 5 heteroatoms. The first-order chi connectivity index (χ1) is 9.15. The van der Waals surface area contributed by atoms with Gasteiger partial charge in [-0.1, -0.05) is 6.07 Å². The molecule has 0 radical (unpaired) electrons. The van der Waals surface area contributed by atoms with E-state index >= 15 is 0 Å². The van der Waals surface area contributed by atoms with Gasteiger partial charge in [-0.05, 0) is 52.3 Å². The van der Waals surface area contributed by atoms with Crippen LogP contribution in [0.4, 0.5) is 4.39 Å². The van der Waals surface area contributed by atoms with Crippen LogP contribution in [0.5, 0.6) is 5.75 Å². The molecule has 0 spiro atoms. The summed E-state index contributed by atoms with van der Waals surface area (Å²) in [5, 5.41) is 3.16. The van der Waals surface area contributed by atoms with Gasteiger partial charge in [0.1, 0.15) is 11.6 Å². The quantitative estimate of drug-likeness (QED) is 0.937. The maximum absolute atomic E-state index is 13.3. The number of hydrogen-bond donors (Lipinski definition) is 1. The second-order valence-electron chi connectivity index (χ2n) is 4.05. The zero-order valence-corrected chi connectivity index (χ0v) is 12.2. The average molecular weight is 325 g/mol. The predicted octanol–water partition coefficient (Wildman–Crippen LogP) is 3.30. The Labute approximate surface area is 119 Å². The van der Waals surface area contributed by atoms with Crippen LogP contribution in [0, 0.1) is 5.82 Å². The summed E-state index contributed by atoms with van der Waals surface area (Å²) in [6.45, 7) is 0. The van der Waals surface area contributed by atoms with Crippen molar-refractivity contribution >= 4 is 15.9 Å². The minimum atomic E-state index is -0.342. The highest BCUT2D eigenvalue weighted by Gasteiger charge is 2.14. The van der Waals surface area contributed by atoms with E-state index in [0.29, 0.717) is 0 Å². The van der Waals surface area contributed by atoms with Crippen molar-refractivity contribution in [1.29, 1.82) is 0 Å². The first-order valence-electron chi connectivity index (χ1n) is 5.77. The number of benzene rings is 1. The lowest BCUT2D eigenvalue weighted by Crippen LogP contribution is -2.18. The van der Waals surface area contributed by atoms with Gasteiger partial charge in [-0.25, -0.2) is 4.39 Å². The molecular weight excluding hydrogens is 311 g/mol. The lowest BCUT2D eigenvalue weighted by atomic mass is 10.0. The van der Waals surface area contributed by atoms with Gasteiger partial charge < -0.3 is 10.1 Å². The summed E-state index contributed by atoms with van der Waals surface area (Å²) in [4.78, 5) is 3.88. The van der Waals surface area contributed by atoms with Crippen molar-refractivity contribution in [3.63, 3.8) is 0 Å². The third-order valence-corrected chi connectivity index (χ3v) is 3.48. The smallest absolute Gasteiger partial charge is 0.141 e. The number of ether oxygens (including phenoxy) is 1. The highest BCUT2D eigenvalue weighted by atomic mass is 79.9. The first kappa shape index (κ1) is 14.0. The second-order valence-corrected chi connectivity index (χ2v) is 4.91. The van der Waals surface area contributed by atoms with Crippen LogP contribution < -0.4 is 10.1 Å². The fraction of sp³-hybridized carbons (Fsp3) is 0.214. The number of nitrogens with zero attached hydrogens (tertiary/aromatic N) is 1. The van der Waals surface area contributed by atoms with Gasteiger partial charge in [-0.2, -0.15) is 0 Å². The molecule has 1 heterocycles. The van der Waals surface area contributed by atoms with Crippen molar-refractivity contribution in [2.24, 2.45) is 0 Å². The van der Waals surface area contributed by atoms with Crippen molar-refractivity contribution in [2.75, 3.05) is 14.2 Å². The number of methoxy groups -OCH3 is 1. The normalized spacial score (nSPS) is 12.2. The Hall–Kier alpha value is -1.46. The monoisotopic (exact) mass is 324 g/mol. The third-order valence-electron chi connectivity index (χ3n) is 2.86. The van der Waals surface area contributed by atoms with Crippen molar-refractivity contribution in [3.8, 4) is 5.75 Å². The lowest BCUT2D eigenvalue weighted by molar-refractivity contribution is 0.412. The summed E-state index contributed by atoms with van der Waals surface area (Å²) in [5.74, 6) is 0.418. The van der Waals surface area contributed by atoms with Crippen LogP contribution in [-0.4, -0.2) is 19.1 Å². The van der Waals surface area contributed by atoms with E-state index in [2.05, 4.69) is 26.2 Å². The molecule has 0 saturated heterocycles. The summed E-state index contributed by atoms with van der Waals surface area (Å²) in [6, 6.07) is 7.12. The Morgan fingerprint density at radius 2 is 2.05 bits per heavy atom. The van der Waals surface area contributed by atoms with Gasteiger partial charge in [0, 0.05) is 6.20 Å². The molecule has 100 valence electrons. The Balaban J connectivity index is 2.39. The predicted molar refractivity (Wildman–Crippen MR) is 75.8 cm³/mol. The highest BCUT2D eigenvalue weighted by Crippen LogP contribution is 2.30. The Bertz CT molecular complexity index is 577. The fourth-order valence-electron chi connectivity index (χ4n) is 1.97. The molecule has 0 aliphatic carbocycles. The molecule has 1 aromatic heterocycles. The van der Waals surface area contributed by atoms with Crippen LogP contribution in [0.25, 0.3) is 0 Å². The van der Waals surface area contributed by atoms with Gasteiger partial charge in [0.25, 0.3) is 0 Å². The largest absolute Gasteiger partial charge is 0.496 e. The summed E-state index contributed by atoms with van der Waals surface area (Å²) in [5.41, 5.74) is 1.78. The van der Waals surface area contributed by atoms with Gasteiger partial charge in [0.15, 0.2) is 0 Å². The van der Waals surface area contributed by atoms with Crippen molar-refractivity contribution < 1.29 is 9.13 Å². The van der Waals surface area contributed by atoms with Gasteiger partial charge in [-0.15, -0.1) is 0 Å². The third kappa shape index (κ3) is 3.11. The van der Waals surface area contributed by atoms with E-state index < -0.39 is 0 Å². The molecular formula is C14H14BrFN2O. The zero-order chi connectivity index (χ0) is 13.8. The molecule has 1 unspecified atom stereocenters. The van der Waals surface area contributed by atoms with E-state index in [0.717, 1.165) is 21.3 Å². The maximum Gasteiger partial charge on any atom is 0.141 e. The summed E-state index contributed by atoms with van der Waals surface area (Å²) in [6.07, 6.45) is 2.85. The van der Waals surface area contributed by atoms with E-state index in [1.807, 2.05) is 25.2 Å². The summed E-state index contributed by atoms with van der Waals surface area (Å²) in [7, 11) is 3.44. The average Bonchev–Trinajstić information content (AvgIpc) is 2.40. The fourth-order valence-corrected chi connectivity index (χ4v) is 2.53. The second kappa shape index (κ2) is 6.12. The number of halogens is 2. The zero-order valence-electron chi connectivity index (χ0n) is 10.7. The van der Waals surface area contributed by atoms with Crippen LogP contribution in [-0.2, 0) is 0 Å². The Morgan fingerprint density at radius 3 is 2.63 bits per heavy atom. The summed E-state index contributed by atoms with van der Waals surface area (Å²) >= 11 is 3.45. The van der Waals surface area contributed by atoms with Crippen LogP contribution >= 0.6 is 15.9 Å². The molecule has 1 atom stereocenters. The number of hydrogen-bond acceptors (Lipinski definition) is 3. The number of rotatable bonds is 4. The minimum Gasteiger partial charge on any atom is -0.496 e. The van der Waals surface area contributed by atoms with Crippen molar-refractivity contribution in [1.82, 2.24) is 10.3 Å². The molecule has 0 amide bonds. The molecule has 2 aromatic rings. The number of pyridine rings is 1. The molecule has 3 nitrogen and oxygen atoms in total. The molecule has 2 rings (SSSR count). The van der Waals surface area contributed by atoms with E-state index in [1.165, 1.54) is 12.3 Å². The first-order valence-corrected chi connectivity index (χ1v) is 6.56. The molecule has 0 fully saturated rings. The van der Waals surface area contributed by atoms with E-state index in [4.69, 9.17) is 4.74 Å². The molecule has 0 aliphatic heterocycles. The van der Waals surface area contributed by atoms with Gasteiger partial charge >= 0.3 is 0 Å². The lowest BCUT2D eigenvalue weighted by Gasteiger charge is -2.18. The SMILES string of the molecule is CNC(c1cncc(F)c1)c1ccc(OC)c(Br)c1. The van der Waals surface area contributed by atoms with E-state index in [1.54, 1.807) is 13.3 Å². The Morgan fingerprint density at radius 1 is 1.26 bits per heavy atom. The van der Waals surface area contributed by atoms with Gasteiger partial charge in [0.05, 0.1) is 23.8 Å². The highest BCUT2D eigenvalue weighted by molar-refractivity contribution is 9.10. The van der Waals surface area contributed by atoms with Crippen LogP contribution in [0.15, 0.2) is 41.1 Å². The van der Waals surface area contributed by atoms with Crippen LogP contribution in [0.2, 0.25) is 0 Å². The molecule has 0 saturated carbocycles. The number of nitrogens with one attached hydrogen (secondary N) is 1. The van der Waals surface area contributed by atoms with E-state index in [9.17, 15) is 4.39 Å². The van der Waals surface area contributed by atoms with Crippen LogP contribution in [0.1, 0.15) is 17.2 Å².